The predicted octanol–water partition coefficient (Wildman–Crippen LogP) is 1.93. The topological polar surface area (TPSA) is 15.3 Å². The van der Waals surface area contributed by atoms with Crippen molar-refractivity contribution >= 4 is 5.69 Å². The maximum Gasteiger partial charge on any atom is 0.125 e. The van der Waals surface area contributed by atoms with Gasteiger partial charge in [0.1, 0.15) is 5.82 Å². The highest BCUT2D eigenvalue weighted by molar-refractivity contribution is 5.50. The van der Waals surface area contributed by atoms with Crippen molar-refractivity contribution < 1.29 is 4.39 Å². The van der Waals surface area contributed by atoms with E-state index in [4.69, 9.17) is 0 Å². The molecule has 0 saturated carbocycles. The Hall–Kier alpha value is -1.09. The Morgan fingerprint density at radius 3 is 2.87 bits per heavy atom. The minimum absolute atomic E-state index is 0.143. The normalized spacial score (nSPS) is 21.8. The second-order valence-electron chi connectivity index (χ2n) is 4.23. The average Bonchev–Trinajstić information content (AvgIpc) is 2.16. The number of piperazine rings is 1. The number of hydrogen-bond acceptors (Lipinski definition) is 2. The molecule has 3 heteroatoms. The Morgan fingerprint density at radius 2 is 2.20 bits per heavy atom. The summed E-state index contributed by atoms with van der Waals surface area (Å²) in [7, 11) is 0. The molecule has 2 nitrogen and oxygen atoms in total. The van der Waals surface area contributed by atoms with Crippen molar-refractivity contribution in [3.05, 3.63) is 29.6 Å². The van der Waals surface area contributed by atoms with E-state index in [1.165, 1.54) is 0 Å². The average molecular weight is 208 g/mol. The maximum atomic E-state index is 13.3. The smallest absolute Gasteiger partial charge is 0.125 e. The third-order valence-corrected chi connectivity index (χ3v) is 2.86. The minimum atomic E-state index is -0.143. The van der Waals surface area contributed by atoms with Gasteiger partial charge in [-0.1, -0.05) is 0 Å². The molecule has 82 valence electrons. The molecule has 1 fully saturated rings. The molecule has 1 unspecified atom stereocenters. The summed E-state index contributed by atoms with van der Waals surface area (Å²) in [4.78, 5) is 2.26. The molecule has 2 rings (SSSR count). The fourth-order valence-corrected chi connectivity index (χ4v) is 2.11. The van der Waals surface area contributed by atoms with Crippen LogP contribution in [0.1, 0.15) is 12.5 Å². The molecular weight excluding hydrogens is 191 g/mol. The van der Waals surface area contributed by atoms with Crippen LogP contribution in [0.15, 0.2) is 18.2 Å². The van der Waals surface area contributed by atoms with Gasteiger partial charge in [0.2, 0.25) is 0 Å². The zero-order valence-corrected chi connectivity index (χ0v) is 9.26. The van der Waals surface area contributed by atoms with Gasteiger partial charge in [-0.25, -0.2) is 4.39 Å². The van der Waals surface area contributed by atoms with Crippen LogP contribution in [-0.2, 0) is 0 Å². The quantitative estimate of drug-likeness (QED) is 0.758. The van der Waals surface area contributed by atoms with Crippen LogP contribution < -0.4 is 10.2 Å². The fourth-order valence-electron chi connectivity index (χ4n) is 2.11. The Bertz CT molecular complexity index is 331. The summed E-state index contributed by atoms with van der Waals surface area (Å²) in [6.45, 7) is 6.98. The molecule has 0 aliphatic carbocycles. The SMILES string of the molecule is Cc1cc(F)cc(N2CCNCC2C)c1. The van der Waals surface area contributed by atoms with E-state index in [-0.39, 0.29) is 5.82 Å². The van der Waals surface area contributed by atoms with Crippen LogP contribution in [0.25, 0.3) is 0 Å². The third kappa shape index (κ3) is 2.29. The molecule has 1 aliphatic rings. The van der Waals surface area contributed by atoms with E-state index in [9.17, 15) is 4.39 Å². The minimum Gasteiger partial charge on any atom is -0.366 e. The van der Waals surface area contributed by atoms with Crippen molar-refractivity contribution in [2.45, 2.75) is 19.9 Å². The largest absolute Gasteiger partial charge is 0.366 e. The summed E-state index contributed by atoms with van der Waals surface area (Å²) in [6.07, 6.45) is 0. The van der Waals surface area contributed by atoms with Crippen LogP contribution in [0.5, 0.6) is 0 Å². The number of benzene rings is 1. The molecule has 0 amide bonds. The molecule has 0 aromatic heterocycles. The van der Waals surface area contributed by atoms with Gasteiger partial charge in [0, 0.05) is 31.4 Å². The summed E-state index contributed by atoms with van der Waals surface area (Å²) in [5.41, 5.74) is 1.98. The second-order valence-corrected chi connectivity index (χ2v) is 4.23. The Balaban J connectivity index is 2.27. The lowest BCUT2D eigenvalue weighted by Crippen LogP contribution is -2.49. The van der Waals surface area contributed by atoms with Crippen LogP contribution >= 0.6 is 0 Å². The standard InChI is InChI=1S/C12H17FN2/c1-9-5-11(13)7-12(6-9)15-4-3-14-8-10(15)2/h5-7,10,14H,3-4,8H2,1-2H3. The van der Waals surface area contributed by atoms with Gasteiger partial charge in [-0.3, -0.25) is 0 Å². The molecule has 0 spiro atoms. The lowest BCUT2D eigenvalue weighted by Gasteiger charge is -2.36. The fraction of sp³-hybridized carbons (Fsp3) is 0.500. The molecule has 1 atom stereocenters. The van der Waals surface area contributed by atoms with Gasteiger partial charge in [0.05, 0.1) is 0 Å². The highest BCUT2D eigenvalue weighted by atomic mass is 19.1. The monoisotopic (exact) mass is 208 g/mol. The number of halogens is 1. The van der Waals surface area contributed by atoms with Crippen LogP contribution in [0.2, 0.25) is 0 Å². The van der Waals surface area contributed by atoms with E-state index in [0.717, 1.165) is 30.9 Å². The zero-order chi connectivity index (χ0) is 10.8. The molecular formula is C12H17FN2. The molecule has 0 bridgehead atoms. The van der Waals surface area contributed by atoms with E-state index in [1.807, 2.05) is 13.0 Å². The number of nitrogens with one attached hydrogen (secondary N) is 1. The zero-order valence-electron chi connectivity index (χ0n) is 9.26. The van der Waals surface area contributed by atoms with Gasteiger partial charge in [-0.2, -0.15) is 0 Å². The first-order chi connectivity index (χ1) is 7.16. The number of nitrogens with zero attached hydrogens (tertiary/aromatic N) is 1. The van der Waals surface area contributed by atoms with Crippen LogP contribution in [-0.4, -0.2) is 25.7 Å². The first kappa shape index (κ1) is 10.4. The Morgan fingerprint density at radius 1 is 1.40 bits per heavy atom. The lowest BCUT2D eigenvalue weighted by molar-refractivity contribution is 0.499. The van der Waals surface area contributed by atoms with E-state index < -0.39 is 0 Å². The summed E-state index contributed by atoms with van der Waals surface area (Å²) in [5.74, 6) is -0.143. The number of anilines is 1. The summed E-state index contributed by atoms with van der Waals surface area (Å²) < 4.78 is 13.3. The molecule has 1 N–H and O–H groups in total. The lowest BCUT2D eigenvalue weighted by atomic mass is 10.1. The van der Waals surface area contributed by atoms with Crippen LogP contribution in [0.4, 0.5) is 10.1 Å². The van der Waals surface area contributed by atoms with Crippen LogP contribution in [0.3, 0.4) is 0 Å². The van der Waals surface area contributed by atoms with Crippen LogP contribution in [0, 0.1) is 12.7 Å². The van der Waals surface area contributed by atoms with Crippen molar-refractivity contribution in [3.63, 3.8) is 0 Å². The molecule has 1 aromatic carbocycles. The van der Waals surface area contributed by atoms with E-state index >= 15 is 0 Å². The van der Waals surface area contributed by atoms with E-state index in [2.05, 4.69) is 17.1 Å². The van der Waals surface area contributed by atoms with Crippen molar-refractivity contribution in [1.29, 1.82) is 0 Å². The molecule has 1 aliphatic heterocycles. The van der Waals surface area contributed by atoms with Crippen molar-refractivity contribution in [2.75, 3.05) is 24.5 Å². The molecule has 1 aromatic rings. The van der Waals surface area contributed by atoms with E-state index in [1.54, 1.807) is 12.1 Å². The number of hydrogen-bond donors (Lipinski definition) is 1. The van der Waals surface area contributed by atoms with Gasteiger partial charge in [-0.15, -0.1) is 0 Å². The Kier molecular flexibility index (Phi) is 2.91. The van der Waals surface area contributed by atoms with Crippen molar-refractivity contribution in [3.8, 4) is 0 Å². The Labute approximate surface area is 90.1 Å². The molecule has 0 radical (unpaired) electrons. The molecule has 1 saturated heterocycles. The van der Waals surface area contributed by atoms with Gasteiger partial charge in [-0.05, 0) is 37.6 Å². The van der Waals surface area contributed by atoms with Crippen molar-refractivity contribution in [1.82, 2.24) is 5.32 Å². The van der Waals surface area contributed by atoms with Gasteiger partial charge in [0.15, 0.2) is 0 Å². The first-order valence-electron chi connectivity index (χ1n) is 5.41. The summed E-state index contributed by atoms with van der Waals surface area (Å²) in [6, 6.07) is 5.66. The first-order valence-corrected chi connectivity index (χ1v) is 5.41. The van der Waals surface area contributed by atoms with Gasteiger partial charge >= 0.3 is 0 Å². The van der Waals surface area contributed by atoms with E-state index in [0.29, 0.717) is 6.04 Å². The highest BCUT2D eigenvalue weighted by Gasteiger charge is 2.18. The summed E-state index contributed by atoms with van der Waals surface area (Å²) in [5, 5.41) is 3.33. The number of rotatable bonds is 1. The molecule has 1 heterocycles. The third-order valence-electron chi connectivity index (χ3n) is 2.86. The second kappa shape index (κ2) is 4.19. The summed E-state index contributed by atoms with van der Waals surface area (Å²) >= 11 is 0. The van der Waals surface area contributed by atoms with Crippen molar-refractivity contribution in [2.24, 2.45) is 0 Å². The predicted molar refractivity (Wildman–Crippen MR) is 60.8 cm³/mol. The highest BCUT2D eigenvalue weighted by Crippen LogP contribution is 2.21. The van der Waals surface area contributed by atoms with Gasteiger partial charge < -0.3 is 10.2 Å². The maximum absolute atomic E-state index is 13.3. The van der Waals surface area contributed by atoms with Gasteiger partial charge in [0.25, 0.3) is 0 Å². The number of aryl methyl sites for hydroxylation is 1. The molecule has 15 heavy (non-hydrogen) atoms.